The van der Waals surface area contributed by atoms with Gasteiger partial charge in [-0.1, -0.05) is 11.6 Å². The van der Waals surface area contributed by atoms with Crippen molar-refractivity contribution in [1.82, 2.24) is 10.6 Å². The second kappa shape index (κ2) is 10.0. The second-order valence-corrected chi connectivity index (χ2v) is 6.66. The molecule has 2 aromatic rings. The monoisotopic (exact) mass is 380 g/mol. The Kier molecular flexibility index (Phi) is 7.69. The molecule has 4 N–H and O–H groups in total. The molecule has 2 rings (SSSR count). The van der Waals surface area contributed by atoms with Crippen molar-refractivity contribution in [2.45, 2.75) is 18.4 Å². The minimum absolute atomic E-state index is 0.141. The fourth-order valence-corrected chi connectivity index (χ4v) is 2.86. The largest absolute Gasteiger partial charge is 0.454 e. The van der Waals surface area contributed by atoms with Crippen LogP contribution in [-0.4, -0.2) is 30.7 Å². The maximum Gasteiger partial charge on any atom is 0.284 e. The Hall–Kier alpha value is -2.12. The van der Waals surface area contributed by atoms with Crippen LogP contribution in [0.3, 0.4) is 0 Å². The molecule has 0 fully saturated rings. The third kappa shape index (κ3) is 6.72. The quantitative estimate of drug-likeness (QED) is 0.283. The van der Waals surface area contributed by atoms with E-state index in [1.807, 2.05) is 31.2 Å². The van der Waals surface area contributed by atoms with Crippen LogP contribution in [0.2, 0.25) is 5.02 Å². The summed E-state index contributed by atoms with van der Waals surface area (Å²) in [6.45, 7) is 3.83. The molecule has 0 unspecified atom stereocenters. The summed E-state index contributed by atoms with van der Waals surface area (Å²) < 4.78 is 5.31. The molecule has 0 radical (unpaired) electrons. The van der Waals surface area contributed by atoms with Crippen molar-refractivity contribution < 1.29 is 9.21 Å². The number of furan rings is 1. The van der Waals surface area contributed by atoms with Gasteiger partial charge in [0, 0.05) is 28.8 Å². The first-order valence-corrected chi connectivity index (χ1v) is 9.24. The first kappa shape index (κ1) is 19.2. The standard InChI is InChI=1S/C17H21ClN4O2S/c1-2-20-17(22-11-13-5-8-15(24-13)16(19)23)21-9-10-25-14-6-3-12(18)4-7-14/h3-8H,2,9-11H2,1H3,(H2,19,23)(H2,20,21,22). The fourth-order valence-electron chi connectivity index (χ4n) is 1.96. The summed E-state index contributed by atoms with van der Waals surface area (Å²) in [5.41, 5.74) is 5.17. The molecule has 0 atom stereocenters. The van der Waals surface area contributed by atoms with Crippen LogP contribution in [0.15, 0.2) is 50.7 Å². The predicted octanol–water partition coefficient (Wildman–Crippen LogP) is 2.88. The number of amides is 1. The maximum absolute atomic E-state index is 11.0. The Labute approximate surface area is 156 Å². The maximum atomic E-state index is 11.0. The smallest absolute Gasteiger partial charge is 0.284 e. The average Bonchev–Trinajstić information content (AvgIpc) is 3.07. The summed E-state index contributed by atoms with van der Waals surface area (Å²) in [6.07, 6.45) is 0. The van der Waals surface area contributed by atoms with Gasteiger partial charge in [0.05, 0.1) is 0 Å². The Bertz CT molecular complexity index is 716. The van der Waals surface area contributed by atoms with E-state index in [2.05, 4.69) is 15.6 Å². The molecule has 8 heteroatoms. The molecule has 0 saturated carbocycles. The van der Waals surface area contributed by atoms with Gasteiger partial charge < -0.3 is 20.8 Å². The molecule has 134 valence electrons. The fraction of sp³-hybridized carbons (Fsp3) is 0.294. The number of guanidine groups is 1. The number of halogens is 1. The SMILES string of the molecule is CCNC(=NCc1ccc(C(N)=O)o1)NCCSc1ccc(Cl)cc1. The first-order valence-electron chi connectivity index (χ1n) is 7.87. The molecule has 0 bridgehead atoms. The van der Waals surface area contributed by atoms with Gasteiger partial charge >= 0.3 is 0 Å². The van der Waals surface area contributed by atoms with Gasteiger partial charge in [-0.2, -0.15) is 0 Å². The summed E-state index contributed by atoms with van der Waals surface area (Å²) in [5.74, 6) is 1.72. The van der Waals surface area contributed by atoms with Crippen LogP contribution in [0.1, 0.15) is 23.2 Å². The number of hydrogen-bond donors (Lipinski definition) is 3. The molecule has 1 aromatic heterocycles. The molecule has 25 heavy (non-hydrogen) atoms. The van der Waals surface area contributed by atoms with Crippen molar-refractivity contribution in [3.05, 3.63) is 52.9 Å². The van der Waals surface area contributed by atoms with Crippen LogP contribution in [0.4, 0.5) is 0 Å². The number of primary amides is 1. The highest BCUT2D eigenvalue weighted by Crippen LogP contribution is 2.19. The Balaban J connectivity index is 1.80. The summed E-state index contributed by atoms with van der Waals surface area (Å²) >= 11 is 7.61. The number of thioether (sulfide) groups is 1. The normalized spacial score (nSPS) is 11.4. The Morgan fingerprint density at radius 3 is 2.64 bits per heavy atom. The van der Waals surface area contributed by atoms with E-state index in [-0.39, 0.29) is 5.76 Å². The molecule has 0 saturated heterocycles. The van der Waals surface area contributed by atoms with Crippen LogP contribution >= 0.6 is 23.4 Å². The highest BCUT2D eigenvalue weighted by molar-refractivity contribution is 7.99. The van der Waals surface area contributed by atoms with Crippen LogP contribution in [0.5, 0.6) is 0 Å². The van der Waals surface area contributed by atoms with E-state index in [9.17, 15) is 4.79 Å². The highest BCUT2D eigenvalue weighted by atomic mass is 35.5. The molecule has 0 spiro atoms. The number of nitrogens with zero attached hydrogens (tertiary/aromatic N) is 1. The second-order valence-electron chi connectivity index (χ2n) is 5.05. The van der Waals surface area contributed by atoms with Crippen molar-refractivity contribution in [2.75, 3.05) is 18.8 Å². The van der Waals surface area contributed by atoms with Crippen LogP contribution in [-0.2, 0) is 6.54 Å². The van der Waals surface area contributed by atoms with Gasteiger partial charge in [-0.05, 0) is 43.3 Å². The molecular formula is C17H21ClN4O2S. The zero-order chi connectivity index (χ0) is 18.1. The zero-order valence-corrected chi connectivity index (χ0v) is 15.5. The molecule has 0 aliphatic carbocycles. The van der Waals surface area contributed by atoms with Gasteiger partial charge in [-0.3, -0.25) is 4.79 Å². The molecule has 1 aromatic carbocycles. The Morgan fingerprint density at radius 2 is 2.00 bits per heavy atom. The summed E-state index contributed by atoms with van der Waals surface area (Å²) in [5, 5.41) is 7.17. The van der Waals surface area contributed by atoms with Crippen molar-refractivity contribution >= 4 is 35.2 Å². The van der Waals surface area contributed by atoms with Gasteiger partial charge in [0.1, 0.15) is 12.3 Å². The zero-order valence-electron chi connectivity index (χ0n) is 13.9. The number of hydrogen-bond acceptors (Lipinski definition) is 4. The molecule has 0 aliphatic rings. The molecule has 0 aliphatic heterocycles. The first-order chi connectivity index (χ1) is 12.1. The average molecular weight is 381 g/mol. The highest BCUT2D eigenvalue weighted by Gasteiger charge is 2.06. The van der Waals surface area contributed by atoms with Gasteiger partial charge in [0.25, 0.3) is 5.91 Å². The molecular weight excluding hydrogens is 360 g/mol. The van der Waals surface area contributed by atoms with Gasteiger partial charge in [0.15, 0.2) is 11.7 Å². The lowest BCUT2D eigenvalue weighted by atomic mass is 10.4. The summed E-state index contributed by atoms with van der Waals surface area (Å²) in [4.78, 5) is 16.6. The number of nitrogens with one attached hydrogen (secondary N) is 2. The van der Waals surface area contributed by atoms with Crippen molar-refractivity contribution in [3.8, 4) is 0 Å². The van der Waals surface area contributed by atoms with Gasteiger partial charge in [0.2, 0.25) is 0 Å². The van der Waals surface area contributed by atoms with E-state index in [1.165, 1.54) is 4.90 Å². The van der Waals surface area contributed by atoms with Gasteiger partial charge in [-0.15, -0.1) is 11.8 Å². The third-order valence-electron chi connectivity index (χ3n) is 3.12. The van der Waals surface area contributed by atoms with E-state index >= 15 is 0 Å². The number of benzene rings is 1. The summed E-state index contributed by atoms with van der Waals surface area (Å²) in [7, 11) is 0. The van der Waals surface area contributed by atoms with E-state index in [1.54, 1.807) is 23.9 Å². The topological polar surface area (TPSA) is 92.6 Å². The van der Waals surface area contributed by atoms with Crippen LogP contribution < -0.4 is 16.4 Å². The number of carbonyl (C=O) groups is 1. The van der Waals surface area contributed by atoms with Crippen molar-refractivity contribution in [3.63, 3.8) is 0 Å². The van der Waals surface area contributed by atoms with Gasteiger partial charge in [-0.25, -0.2) is 4.99 Å². The minimum atomic E-state index is -0.584. The molecule has 6 nitrogen and oxygen atoms in total. The number of rotatable bonds is 8. The van der Waals surface area contributed by atoms with E-state index in [0.29, 0.717) is 18.3 Å². The predicted molar refractivity (Wildman–Crippen MR) is 102 cm³/mol. The number of nitrogens with two attached hydrogens (primary N) is 1. The van der Waals surface area contributed by atoms with Crippen LogP contribution in [0.25, 0.3) is 0 Å². The minimum Gasteiger partial charge on any atom is -0.454 e. The van der Waals surface area contributed by atoms with E-state index < -0.39 is 5.91 Å². The number of aliphatic imine (C=N–C) groups is 1. The van der Waals surface area contributed by atoms with Crippen molar-refractivity contribution in [2.24, 2.45) is 10.7 Å². The van der Waals surface area contributed by atoms with Crippen LogP contribution in [0, 0.1) is 0 Å². The van der Waals surface area contributed by atoms with E-state index in [4.69, 9.17) is 21.8 Å². The lowest BCUT2D eigenvalue weighted by molar-refractivity contribution is 0.0972. The molecule has 1 heterocycles. The lowest BCUT2D eigenvalue weighted by Crippen LogP contribution is -2.38. The Morgan fingerprint density at radius 1 is 1.24 bits per heavy atom. The van der Waals surface area contributed by atoms with E-state index in [0.717, 1.165) is 23.9 Å². The molecule has 1 amide bonds. The lowest BCUT2D eigenvalue weighted by Gasteiger charge is -2.10. The third-order valence-corrected chi connectivity index (χ3v) is 4.38. The van der Waals surface area contributed by atoms with Crippen molar-refractivity contribution in [1.29, 1.82) is 0 Å². The summed E-state index contributed by atoms with van der Waals surface area (Å²) in [6, 6.07) is 11.0. The number of carbonyl (C=O) groups excluding carboxylic acids is 1.